The SMILES string of the molecule is Cc1ccc(CN2C(=O)[C@@H]3CCCC[C@H]3C2=O)cc1S(=O)(=O)Nc1ccc(OC(F)(F)F)cc1. The number of imide groups is 1. The van der Waals surface area contributed by atoms with Gasteiger partial charge >= 0.3 is 6.36 Å². The van der Waals surface area contributed by atoms with Gasteiger partial charge in [0.15, 0.2) is 0 Å². The zero-order valence-electron chi connectivity index (χ0n) is 18.3. The van der Waals surface area contributed by atoms with E-state index < -0.39 is 22.1 Å². The molecule has 2 atom stereocenters. The summed E-state index contributed by atoms with van der Waals surface area (Å²) in [6.07, 6.45) is -1.65. The summed E-state index contributed by atoms with van der Waals surface area (Å²) in [4.78, 5) is 26.7. The summed E-state index contributed by atoms with van der Waals surface area (Å²) < 4.78 is 69.0. The topological polar surface area (TPSA) is 92.8 Å². The lowest BCUT2D eigenvalue weighted by molar-refractivity contribution is -0.274. The van der Waals surface area contributed by atoms with Crippen molar-refractivity contribution in [3.63, 3.8) is 0 Å². The first-order chi connectivity index (χ1) is 15.9. The van der Waals surface area contributed by atoms with Crippen LogP contribution in [0.5, 0.6) is 5.75 Å². The predicted octanol–water partition coefficient (Wildman–Crippen LogP) is 4.37. The molecule has 182 valence electrons. The molecule has 34 heavy (non-hydrogen) atoms. The number of amides is 2. The molecule has 2 fully saturated rings. The molecule has 0 aromatic heterocycles. The van der Waals surface area contributed by atoms with Gasteiger partial charge in [0.25, 0.3) is 10.0 Å². The minimum atomic E-state index is -4.85. The van der Waals surface area contributed by atoms with Gasteiger partial charge in [-0.3, -0.25) is 19.2 Å². The van der Waals surface area contributed by atoms with Crippen LogP contribution in [0.2, 0.25) is 0 Å². The number of hydrogen-bond donors (Lipinski definition) is 1. The molecule has 0 spiro atoms. The van der Waals surface area contributed by atoms with Gasteiger partial charge in [-0.05, 0) is 61.2 Å². The summed E-state index contributed by atoms with van der Waals surface area (Å²) in [6, 6.07) is 8.96. The first kappa shape index (κ1) is 24.1. The lowest BCUT2D eigenvalue weighted by Gasteiger charge is -2.19. The molecule has 11 heteroatoms. The van der Waals surface area contributed by atoms with Crippen LogP contribution in [0.4, 0.5) is 18.9 Å². The standard InChI is InChI=1S/C23H23F3N2O5S/c1-14-6-7-15(13-28-21(29)18-4-2-3-5-19(18)22(28)30)12-20(14)34(31,32)27-16-8-10-17(11-9-16)33-23(24,25)26/h6-12,18-19,27H,2-5,13H2,1H3/t18-,19-/m1/s1. The van der Waals surface area contributed by atoms with E-state index in [4.69, 9.17) is 0 Å². The van der Waals surface area contributed by atoms with Crippen molar-refractivity contribution in [3.8, 4) is 5.75 Å². The minimum absolute atomic E-state index is 0.0169. The van der Waals surface area contributed by atoms with E-state index >= 15 is 0 Å². The summed E-state index contributed by atoms with van der Waals surface area (Å²) in [6.45, 7) is 1.58. The number of alkyl halides is 3. The van der Waals surface area contributed by atoms with Gasteiger partial charge in [-0.1, -0.05) is 25.0 Å². The molecule has 2 aliphatic rings. The number of nitrogens with one attached hydrogen (secondary N) is 1. The average Bonchev–Trinajstić information content (AvgIpc) is 3.00. The Balaban J connectivity index is 1.52. The van der Waals surface area contributed by atoms with E-state index in [1.807, 2.05) is 0 Å². The number of halogens is 3. The van der Waals surface area contributed by atoms with Crippen LogP contribution in [0, 0.1) is 18.8 Å². The van der Waals surface area contributed by atoms with Crippen LogP contribution >= 0.6 is 0 Å². The predicted molar refractivity (Wildman–Crippen MR) is 116 cm³/mol. The van der Waals surface area contributed by atoms with Crippen molar-refractivity contribution in [2.45, 2.75) is 50.4 Å². The van der Waals surface area contributed by atoms with Crippen molar-refractivity contribution in [2.24, 2.45) is 11.8 Å². The van der Waals surface area contributed by atoms with E-state index in [0.29, 0.717) is 24.0 Å². The number of hydrogen-bond acceptors (Lipinski definition) is 5. The lowest BCUT2D eigenvalue weighted by atomic mass is 9.81. The van der Waals surface area contributed by atoms with Gasteiger partial charge < -0.3 is 4.74 Å². The molecule has 7 nitrogen and oxygen atoms in total. The van der Waals surface area contributed by atoms with Crippen molar-refractivity contribution in [3.05, 3.63) is 53.6 Å². The Morgan fingerprint density at radius 2 is 1.59 bits per heavy atom. The van der Waals surface area contributed by atoms with Crippen LogP contribution < -0.4 is 9.46 Å². The van der Waals surface area contributed by atoms with E-state index in [1.54, 1.807) is 19.1 Å². The molecule has 1 saturated carbocycles. The largest absolute Gasteiger partial charge is 0.573 e. The normalized spacial score (nSPS) is 20.9. The maximum absolute atomic E-state index is 13.0. The van der Waals surface area contributed by atoms with Gasteiger partial charge in [0.05, 0.1) is 23.3 Å². The Morgan fingerprint density at radius 1 is 1.00 bits per heavy atom. The van der Waals surface area contributed by atoms with Crippen LogP contribution in [0.3, 0.4) is 0 Å². The van der Waals surface area contributed by atoms with Crippen LogP contribution in [-0.4, -0.2) is 31.5 Å². The zero-order valence-corrected chi connectivity index (χ0v) is 19.1. The van der Waals surface area contributed by atoms with Gasteiger partial charge in [0.1, 0.15) is 5.75 Å². The zero-order chi connectivity index (χ0) is 24.7. The highest BCUT2D eigenvalue weighted by Gasteiger charge is 2.47. The molecular weight excluding hydrogens is 473 g/mol. The molecule has 2 aromatic rings. The smallest absolute Gasteiger partial charge is 0.406 e. The summed E-state index contributed by atoms with van der Waals surface area (Å²) in [5.41, 5.74) is 0.967. The number of nitrogens with zero attached hydrogens (tertiary/aromatic N) is 1. The maximum atomic E-state index is 13.0. The highest BCUT2D eigenvalue weighted by molar-refractivity contribution is 7.92. The second kappa shape index (κ2) is 8.94. The van der Waals surface area contributed by atoms with Crippen LogP contribution in [-0.2, 0) is 26.2 Å². The van der Waals surface area contributed by atoms with Gasteiger partial charge in [0, 0.05) is 5.69 Å². The van der Waals surface area contributed by atoms with Crippen LogP contribution in [0.15, 0.2) is 47.4 Å². The fourth-order valence-corrected chi connectivity index (χ4v) is 5.89. The summed E-state index contributed by atoms with van der Waals surface area (Å²) in [7, 11) is -4.10. The molecular formula is C23H23F3N2O5S. The van der Waals surface area contributed by atoms with Crippen molar-refractivity contribution < 1.29 is 35.9 Å². The molecule has 2 aromatic carbocycles. The number of ether oxygens (including phenoxy) is 1. The fourth-order valence-electron chi connectivity index (χ4n) is 4.54. The summed E-state index contributed by atoms with van der Waals surface area (Å²) in [5.74, 6) is -1.48. The number of rotatable bonds is 6. The van der Waals surface area contributed by atoms with Crippen LogP contribution in [0.1, 0.15) is 36.8 Å². The van der Waals surface area contributed by atoms with E-state index in [1.165, 1.54) is 11.0 Å². The van der Waals surface area contributed by atoms with Crippen molar-refractivity contribution in [1.29, 1.82) is 0 Å². The molecule has 1 aliphatic heterocycles. The van der Waals surface area contributed by atoms with E-state index in [-0.39, 0.29) is 40.8 Å². The molecule has 0 bridgehead atoms. The quantitative estimate of drug-likeness (QED) is 0.600. The number of benzene rings is 2. The molecule has 1 heterocycles. The Hall–Kier alpha value is -3.08. The summed E-state index contributed by atoms with van der Waals surface area (Å²) in [5, 5.41) is 0. The van der Waals surface area contributed by atoms with E-state index in [2.05, 4.69) is 9.46 Å². The average molecular weight is 497 g/mol. The minimum Gasteiger partial charge on any atom is -0.406 e. The molecule has 0 radical (unpaired) electrons. The third-order valence-corrected chi connectivity index (χ3v) is 7.68. The number of sulfonamides is 1. The van der Waals surface area contributed by atoms with Gasteiger partial charge in [-0.2, -0.15) is 0 Å². The Labute approximate surface area is 194 Å². The van der Waals surface area contributed by atoms with Crippen molar-refractivity contribution >= 4 is 27.5 Å². The first-order valence-corrected chi connectivity index (χ1v) is 12.3. The second-order valence-corrected chi connectivity index (χ2v) is 10.2. The fraction of sp³-hybridized carbons (Fsp3) is 0.391. The van der Waals surface area contributed by atoms with E-state index in [0.717, 1.165) is 37.1 Å². The number of carbonyl (C=O) groups excluding carboxylic acids is 2. The molecule has 1 saturated heterocycles. The number of carbonyl (C=O) groups is 2. The third kappa shape index (κ3) is 5.03. The monoisotopic (exact) mass is 496 g/mol. The van der Waals surface area contributed by atoms with E-state index in [9.17, 15) is 31.2 Å². The van der Waals surface area contributed by atoms with Crippen molar-refractivity contribution in [2.75, 3.05) is 4.72 Å². The first-order valence-electron chi connectivity index (χ1n) is 10.8. The number of fused-ring (bicyclic) bond motifs is 1. The number of likely N-dealkylation sites (tertiary alicyclic amines) is 1. The highest BCUT2D eigenvalue weighted by Crippen LogP contribution is 2.38. The molecule has 1 N–H and O–H groups in total. The Bertz CT molecular complexity index is 1190. The van der Waals surface area contributed by atoms with Crippen LogP contribution in [0.25, 0.3) is 0 Å². The molecule has 1 aliphatic carbocycles. The Kier molecular flexibility index (Phi) is 6.32. The second-order valence-electron chi connectivity index (χ2n) is 8.54. The molecule has 0 unspecified atom stereocenters. The number of aryl methyl sites for hydroxylation is 1. The van der Waals surface area contributed by atoms with Gasteiger partial charge in [-0.25, -0.2) is 8.42 Å². The van der Waals surface area contributed by atoms with Gasteiger partial charge in [-0.15, -0.1) is 13.2 Å². The maximum Gasteiger partial charge on any atom is 0.573 e. The molecule has 2 amide bonds. The number of anilines is 1. The van der Waals surface area contributed by atoms with Crippen molar-refractivity contribution in [1.82, 2.24) is 4.90 Å². The Morgan fingerprint density at radius 3 is 2.15 bits per heavy atom. The summed E-state index contributed by atoms with van der Waals surface area (Å²) >= 11 is 0. The molecule has 4 rings (SSSR count). The van der Waals surface area contributed by atoms with Gasteiger partial charge in [0.2, 0.25) is 11.8 Å². The highest BCUT2D eigenvalue weighted by atomic mass is 32.2. The third-order valence-electron chi connectivity index (χ3n) is 6.16. The lowest BCUT2D eigenvalue weighted by Crippen LogP contribution is -2.30.